The van der Waals surface area contributed by atoms with E-state index in [1.807, 2.05) is 25.1 Å². The Morgan fingerprint density at radius 2 is 1.69 bits per heavy atom. The molecule has 4 nitrogen and oxygen atoms in total. The lowest BCUT2D eigenvalue weighted by Crippen LogP contribution is -2.34. The molecule has 3 rings (SSSR count). The molecule has 1 unspecified atom stereocenters. The first-order valence-corrected chi connectivity index (χ1v) is 10.7. The highest BCUT2D eigenvalue weighted by molar-refractivity contribution is 7.91. The number of sulfone groups is 1. The number of carbonyl (C=O) groups is 1. The molecule has 0 saturated carbocycles. The van der Waals surface area contributed by atoms with Crippen LogP contribution in [0.1, 0.15) is 36.3 Å². The van der Waals surface area contributed by atoms with E-state index in [2.05, 4.69) is 12.1 Å². The Balaban J connectivity index is 1.63. The van der Waals surface area contributed by atoms with Gasteiger partial charge in [0.25, 0.3) is 0 Å². The second kappa shape index (κ2) is 8.04. The van der Waals surface area contributed by atoms with E-state index in [1.54, 1.807) is 29.2 Å². The average Bonchev–Trinajstić information content (AvgIpc) is 2.83. The molecule has 138 valence electrons. The van der Waals surface area contributed by atoms with Gasteiger partial charge >= 0.3 is 0 Å². The van der Waals surface area contributed by atoms with Gasteiger partial charge in [0.1, 0.15) is 0 Å². The number of carbonyl (C=O) groups excluding carboxylic acids is 1. The number of nitrogens with zero attached hydrogens (tertiary/aromatic N) is 1. The minimum absolute atomic E-state index is 0.0300. The normalized spacial score (nSPS) is 18.6. The first-order valence-electron chi connectivity index (χ1n) is 9.08. The predicted octanol–water partition coefficient (Wildman–Crippen LogP) is 3.57. The van der Waals surface area contributed by atoms with Crippen molar-refractivity contribution in [1.29, 1.82) is 0 Å². The predicted molar refractivity (Wildman–Crippen MR) is 103 cm³/mol. The maximum absolute atomic E-state index is 12.5. The summed E-state index contributed by atoms with van der Waals surface area (Å²) in [5.74, 6) is 0.388. The zero-order valence-electron chi connectivity index (χ0n) is 15.1. The molecular weight excluding hydrogens is 346 g/mol. The Hall–Kier alpha value is -2.14. The van der Waals surface area contributed by atoms with Crippen molar-refractivity contribution in [2.24, 2.45) is 0 Å². The maximum atomic E-state index is 12.5. The second-order valence-electron chi connectivity index (χ2n) is 6.95. The third-order valence-electron chi connectivity index (χ3n) is 5.09. The van der Waals surface area contributed by atoms with Crippen LogP contribution in [0, 0.1) is 6.92 Å². The molecule has 0 N–H and O–H groups in total. The van der Waals surface area contributed by atoms with E-state index >= 15 is 0 Å². The summed E-state index contributed by atoms with van der Waals surface area (Å²) in [5.41, 5.74) is 2.29. The molecule has 0 spiro atoms. The highest BCUT2D eigenvalue weighted by Crippen LogP contribution is 2.28. The van der Waals surface area contributed by atoms with Gasteiger partial charge in [0.2, 0.25) is 5.91 Å². The molecule has 1 aliphatic rings. The Morgan fingerprint density at radius 3 is 2.38 bits per heavy atom. The summed E-state index contributed by atoms with van der Waals surface area (Å²) in [6.45, 7) is 2.80. The van der Waals surface area contributed by atoms with Gasteiger partial charge in [-0.2, -0.15) is 0 Å². The fraction of sp³-hybridized carbons (Fsp3) is 0.381. The van der Waals surface area contributed by atoms with Crippen LogP contribution in [0.2, 0.25) is 0 Å². The maximum Gasteiger partial charge on any atom is 0.222 e. The van der Waals surface area contributed by atoms with Crippen molar-refractivity contribution in [3.05, 3.63) is 65.7 Å². The molecule has 26 heavy (non-hydrogen) atoms. The van der Waals surface area contributed by atoms with Gasteiger partial charge in [-0.25, -0.2) is 8.42 Å². The molecule has 1 saturated heterocycles. The quantitative estimate of drug-likeness (QED) is 0.807. The third-order valence-corrected chi connectivity index (χ3v) is 6.80. The Bertz CT molecular complexity index is 845. The second-order valence-corrected chi connectivity index (χ2v) is 9.06. The number of hydrogen-bond acceptors (Lipinski definition) is 3. The molecule has 0 radical (unpaired) electrons. The van der Waals surface area contributed by atoms with Crippen molar-refractivity contribution in [3.63, 3.8) is 0 Å². The average molecular weight is 372 g/mol. The number of hydrogen-bond donors (Lipinski definition) is 0. The summed E-state index contributed by atoms with van der Waals surface area (Å²) < 4.78 is 25.1. The van der Waals surface area contributed by atoms with Crippen molar-refractivity contribution in [2.45, 2.75) is 37.0 Å². The Morgan fingerprint density at radius 1 is 1.00 bits per heavy atom. The molecule has 1 atom stereocenters. The van der Waals surface area contributed by atoms with Crippen LogP contribution in [0.15, 0.2) is 59.5 Å². The topological polar surface area (TPSA) is 54.5 Å². The number of rotatable bonds is 5. The monoisotopic (exact) mass is 371 g/mol. The number of amides is 1. The largest absolute Gasteiger partial charge is 0.342 e. The fourth-order valence-corrected chi connectivity index (χ4v) is 4.67. The van der Waals surface area contributed by atoms with Crippen LogP contribution in [-0.4, -0.2) is 38.1 Å². The van der Waals surface area contributed by atoms with Crippen molar-refractivity contribution in [2.75, 3.05) is 18.8 Å². The van der Waals surface area contributed by atoms with E-state index in [-0.39, 0.29) is 18.2 Å². The number of aryl methyl sites for hydroxylation is 1. The van der Waals surface area contributed by atoms with Gasteiger partial charge in [-0.3, -0.25) is 4.79 Å². The smallest absolute Gasteiger partial charge is 0.222 e. The minimum atomic E-state index is -3.37. The van der Waals surface area contributed by atoms with E-state index in [0.717, 1.165) is 18.4 Å². The SMILES string of the molecule is Cc1ccc(S(=O)(=O)CCN2CCC(c3ccccc3)CCC2=O)cc1. The Labute approximate surface area is 155 Å². The van der Waals surface area contributed by atoms with Gasteiger partial charge in [0.05, 0.1) is 10.6 Å². The van der Waals surface area contributed by atoms with E-state index in [0.29, 0.717) is 23.8 Å². The summed E-state index contributed by atoms with van der Waals surface area (Å²) in [6.07, 6.45) is 2.18. The van der Waals surface area contributed by atoms with Crippen LogP contribution < -0.4 is 0 Å². The third kappa shape index (κ3) is 4.52. The van der Waals surface area contributed by atoms with E-state index < -0.39 is 9.84 Å². The van der Waals surface area contributed by atoms with Gasteiger partial charge in [-0.15, -0.1) is 0 Å². The molecule has 1 amide bonds. The van der Waals surface area contributed by atoms with Gasteiger partial charge in [0, 0.05) is 19.5 Å². The lowest BCUT2D eigenvalue weighted by molar-refractivity contribution is -0.130. The molecule has 0 bridgehead atoms. The van der Waals surface area contributed by atoms with Crippen molar-refractivity contribution in [3.8, 4) is 0 Å². The standard InChI is InChI=1S/C21H25NO3S/c1-17-7-10-20(11-8-17)26(24,25)16-15-22-14-13-19(9-12-21(22)23)18-5-3-2-4-6-18/h2-8,10-11,19H,9,12-16H2,1H3. The molecule has 0 aliphatic carbocycles. The van der Waals surface area contributed by atoms with E-state index in [1.165, 1.54) is 5.56 Å². The summed E-state index contributed by atoms with van der Waals surface area (Å²) in [5, 5.41) is 0. The molecule has 1 aliphatic heterocycles. The molecule has 1 heterocycles. The zero-order valence-corrected chi connectivity index (χ0v) is 15.9. The summed E-state index contributed by atoms with van der Waals surface area (Å²) >= 11 is 0. The van der Waals surface area contributed by atoms with Gasteiger partial charge in [-0.1, -0.05) is 48.0 Å². The molecule has 1 fully saturated rings. The van der Waals surface area contributed by atoms with Crippen LogP contribution >= 0.6 is 0 Å². The first-order chi connectivity index (χ1) is 12.5. The van der Waals surface area contributed by atoms with Crippen molar-refractivity contribution >= 4 is 15.7 Å². The van der Waals surface area contributed by atoms with Crippen molar-refractivity contribution < 1.29 is 13.2 Å². The van der Waals surface area contributed by atoms with Crippen molar-refractivity contribution in [1.82, 2.24) is 4.90 Å². The van der Waals surface area contributed by atoms with Crippen LogP contribution in [0.5, 0.6) is 0 Å². The summed E-state index contributed by atoms with van der Waals surface area (Å²) in [6, 6.07) is 17.1. The molecular formula is C21H25NO3S. The number of benzene rings is 2. The van der Waals surface area contributed by atoms with Crippen LogP contribution in [-0.2, 0) is 14.6 Å². The molecule has 5 heteroatoms. The Kier molecular flexibility index (Phi) is 5.77. The zero-order chi connectivity index (χ0) is 18.6. The fourth-order valence-electron chi connectivity index (χ4n) is 3.43. The van der Waals surface area contributed by atoms with E-state index in [9.17, 15) is 13.2 Å². The molecule has 2 aromatic rings. The number of likely N-dealkylation sites (tertiary alicyclic amines) is 1. The summed E-state index contributed by atoms with van der Waals surface area (Å²) in [7, 11) is -3.37. The lowest BCUT2D eigenvalue weighted by Gasteiger charge is -2.21. The van der Waals surface area contributed by atoms with Crippen LogP contribution in [0.4, 0.5) is 0 Å². The first kappa shape index (κ1) is 18.6. The van der Waals surface area contributed by atoms with E-state index in [4.69, 9.17) is 0 Å². The lowest BCUT2D eigenvalue weighted by atomic mass is 9.92. The van der Waals surface area contributed by atoms with Gasteiger partial charge < -0.3 is 4.90 Å². The van der Waals surface area contributed by atoms with Gasteiger partial charge in [0.15, 0.2) is 9.84 Å². The highest BCUT2D eigenvalue weighted by atomic mass is 32.2. The highest BCUT2D eigenvalue weighted by Gasteiger charge is 2.25. The van der Waals surface area contributed by atoms with Crippen LogP contribution in [0.3, 0.4) is 0 Å². The summed E-state index contributed by atoms with van der Waals surface area (Å²) in [4.78, 5) is 14.5. The van der Waals surface area contributed by atoms with Crippen LogP contribution in [0.25, 0.3) is 0 Å². The molecule has 2 aromatic carbocycles. The minimum Gasteiger partial charge on any atom is -0.342 e. The van der Waals surface area contributed by atoms with Gasteiger partial charge in [-0.05, 0) is 43.4 Å². The molecule has 0 aromatic heterocycles.